The molecule has 1 heterocycles. The lowest BCUT2D eigenvalue weighted by Crippen LogP contribution is -1.80. The van der Waals surface area contributed by atoms with Gasteiger partial charge in [-0.1, -0.05) is 28.1 Å². The summed E-state index contributed by atoms with van der Waals surface area (Å²) in [5.41, 5.74) is 2.31. The van der Waals surface area contributed by atoms with Gasteiger partial charge >= 0.3 is 0 Å². The topological polar surface area (TPSA) is 25.8 Å². The molecular formula is C9H6Br2N2S. The van der Waals surface area contributed by atoms with Gasteiger partial charge < -0.3 is 0 Å². The summed E-state index contributed by atoms with van der Waals surface area (Å²) in [6.07, 6.45) is 0. The van der Waals surface area contributed by atoms with Crippen LogP contribution in [0.1, 0.15) is 5.56 Å². The van der Waals surface area contributed by atoms with Gasteiger partial charge in [0.05, 0.1) is 0 Å². The first-order valence-corrected chi connectivity index (χ1v) is 6.28. The van der Waals surface area contributed by atoms with Crippen LogP contribution in [-0.4, -0.2) is 9.36 Å². The van der Waals surface area contributed by atoms with Crippen molar-refractivity contribution in [3.63, 3.8) is 0 Å². The summed E-state index contributed by atoms with van der Waals surface area (Å²) in [6, 6.07) is 6.19. The van der Waals surface area contributed by atoms with Crippen LogP contribution in [-0.2, 0) is 0 Å². The Labute approximate surface area is 103 Å². The van der Waals surface area contributed by atoms with E-state index in [4.69, 9.17) is 0 Å². The van der Waals surface area contributed by atoms with Crippen molar-refractivity contribution < 1.29 is 0 Å². The summed E-state index contributed by atoms with van der Waals surface area (Å²) in [4.78, 5) is 4.27. The Morgan fingerprint density at radius 2 is 2.07 bits per heavy atom. The second-order valence-corrected chi connectivity index (χ2v) is 5.17. The van der Waals surface area contributed by atoms with E-state index >= 15 is 0 Å². The first-order chi connectivity index (χ1) is 6.66. The fourth-order valence-electron chi connectivity index (χ4n) is 1.11. The van der Waals surface area contributed by atoms with E-state index in [0.29, 0.717) is 4.73 Å². The molecule has 2 nitrogen and oxygen atoms in total. The van der Waals surface area contributed by atoms with Crippen LogP contribution in [0.25, 0.3) is 10.6 Å². The molecule has 5 heteroatoms. The Bertz CT molecular complexity index is 468. The molecule has 0 fully saturated rings. The molecule has 0 atom stereocenters. The van der Waals surface area contributed by atoms with Gasteiger partial charge in [0.1, 0.15) is 5.01 Å². The van der Waals surface area contributed by atoms with Crippen molar-refractivity contribution in [1.29, 1.82) is 0 Å². The van der Waals surface area contributed by atoms with E-state index in [1.54, 1.807) is 0 Å². The fraction of sp³-hybridized carbons (Fsp3) is 0.111. The quantitative estimate of drug-likeness (QED) is 0.787. The Balaban J connectivity index is 2.52. The first-order valence-electron chi connectivity index (χ1n) is 3.92. The third-order valence-corrected chi connectivity index (χ3v) is 3.75. The van der Waals surface area contributed by atoms with Crippen molar-refractivity contribution in [2.24, 2.45) is 0 Å². The molecule has 0 aliphatic carbocycles. The lowest BCUT2D eigenvalue weighted by molar-refractivity contribution is 1.26. The van der Waals surface area contributed by atoms with Gasteiger partial charge in [-0.2, -0.15) is 4.37 Å². The molecule has 0 saturated heterocycles. The van der Waals surface area contributed by atoms with E-state index in [-0.39, 0.29) is 0 Å². The zero-order valence-corrected chi connectivity index (χ0v) is 11.3. The van der Waals surface area contributed by atoms with E-state index in [9.17, 15) is 0 Å². The molecular weight excluding hydrogens is 328 g/mol. The predicted octanol–water partition coefficient (Wildman–Crippen LogP) is 4.04. The SMILES string of the molecule is Cc1ccc(-c2nc(Br)ns2)c(Br)c1. The molecule has 0 radical (unpaired) electrons. The number of aromatic nitrogens is 2. The number of hydrogen-bond donors (Lipinski definition) is 0. The van der Waals surface area contributed by atoms with Crippen LogP contribution in [0.3, 0.4) is 0 Å². The minimum Gasteiger partial charge on any atom is -0.209 e. The number of halogens is 2. The zero-order chi connectivity index (χ0) is 10.1. The second kappa shape index (κ2) is 4.08. The molecule has 2 aromatic rings. The Hall–Kier alpha value is -0.260. The van der Waals surface area contributed by atoms with Crippen molar-refractivity contribution in [1.82, 2.24) is 9.36 Å². The number of benzene rings is 1. The van der Waals surface area contributed by atoms with Gasteiger partial charge in [-0.05, 0) is 46.0 Å². The average molecular weight is 334 g/mol. The average Bonchev–Trinajstić information content (AvgIpc) is 2.51. The van der Waals surface area contributed by atoms with Crippen LogP contribution in [0, 0.1) is 6.92 Å². The lowest BCUT2D eigenvalue weighted by atomic mass is 10.2. The lowest BCUT2D eigenvalue weighted by Gasteiger charge is -2.00. The van der Waals surface area contributed by atoms with E-state index in [2.05, 4.69) is 60.3 Å². The van der Waals surface area contributed by atoms with Crippen molar-refractivity contribution in [2.45, 2.75) is 6.92 Å². The summed E-state index contributed by atoms with van der Waals surface area (Å²) in [5.74, 6) is 0. The van der Waals surface area contributed by atoms with E-state index in [1.807, 2.05) is 6.07 Å². The minimum absolute atomic E-state index is 0.643. The smallest absolute Gasteiger partial charge is 0.209 e. The predicted molar refractivity (Wildman–Crippen MR) is 65.5 cm³/mol. The molecule has 0 aliphatic rings. The number of nitrogens with zero attached hydrogens (tertiary/aromatic N) is 2. The number of rotatable bonds is 1. The summed E-state index contributed by atoms with van der Waals surface area (Å²) in [6.45, 7) is 2.06. The van der Waals surface area contributed by atoms with E-state index < -0.39 is 0 Å². The van der Waals surface area contributed by atoms with Crippen molar-refractivity contribution in [3.05, 3.63) is 33.0 Å². The number of aryl methyl sites for hydroxylation is 1. The van der Waals surface area contributed by atoms with Gasteiger partial charge in [-0.15, -0.1) is 0 Å². The largest absolute Gasteiger partial charge is 0.209 e. The van der Waals surface area contributed by atoms with E-state index in [0.717, 1.165) is 15.0 Å². The molecule has 0 unspecified atom stereocenters. The van der Waals surface area contributed by atoms with Gasteiger partial charge in [0.15, 0.2) is 0 Å². The van der Waals surface area contributed by atoms with Crippen molar-refractivity contribution in [3.8, 4) is 10.6 Å². The van der Waals surface area contributed by atoms with Gasteiger partial charge in [0, 0.05) is 10.0 Å². The van der Waals surface area contributed by atoms with Crippen LogP contribution < -0.4 is 0 Å². The second-order valence-electron chi connectivity index (χ2n) is 2.85. The van der Waals surface area contributed by atoms with Crippen LogP contribution in [0.15, 0.2) is 27.4 Å². The molecule has 0 N–H and O–H groups in total. The van der Waals surface area contributed by atoms with E-state index in [1.165, 1.54) is 17.1 Å². The molecule has 0 aliphatic heterocycles. The maximum absolute atomic E-state index is 4.27. The van der Waals surface area contributed by atoms with Crippen molar-refractivity contribution in [2.75, 3.05) is 0 Å². The molecule has 14 heavy (non-hydrogen) atoms. The fourth-order valence-corrected chi connectivity index (χ4v) is 3.04. The molecule has 0 saturated carbocycles. The summed E-state index contributed by atoms with van der Waals surface area (Å²) < 4.78 is 5.78. The summed E-state index contributed by atoms with van der Waals surface area (Å²) in [5, 5.41) is 0.920. The Kier molecular flexibility index (Phi) is 2.99. The normalized spacial score (nSPS) is 10.5. The standard InChI is InChI=1S/C9H6Br2N2S/c1-5-2-3-6(7(10)4-5)8-12-9(11)13-14-8/h2-4H,1H3. The van der Waals surface area contributed by atoms with Gasteiger partial charge in [-0.3, -0.25) is 0 Å². The highest BCUT2D eigenvalue weighted by molar-refractivity contribution is 9.10. The molecule has 72 valence electrons. The Morgan fingerprint density at radius 3 is 2.64 bits per heavy atom. The maximum atomic E-state index is 4.27. The highest BCUT2D eigenvalue weighted by Gasteiger charge is 2.07. The van der Waals surface area contributed by atoms with Crippen LogP contribution in [0.5, 0.6) is 0 Å². The third-order valence-electron chi connectivity index (χ3n) is 1.76. The molecule has 0 bridgehead atoms. The Morgan fingerprint density at radius 1 is 1.29 bits per heavy atom. The van der Waals surface area contributed by atoms with Gasteiger partial charge in [-0.25, -0.2) is 4.98 Å². The maximum Gasteiger partial charge on any atom is 0.209 e. The summed E-state index contributed by atoms with van der Waals surface area (Å²) in [7, 11) is 0. The monoisotopic (exact) mass is 332 g/mol. The highest BCUT2D eigenvalue weighted by Crippen LogP contribution is 2.30. The molecule has 0 amide bonds. The zero-order valence-electron chi connectivity index (χ0n) is 7.29. The minimum atomic E-state index is 0.643. The van der Waals surface area contributed by atoms with Crippen molar-refractivity contribution >= 4 is 43.4 Å². The number of hydrogen-bond acceptors (Lipinski definition) is 3. The molecule has 1 aromatic carbocycles. The van der Waals surface area contributed by atoms with Crippen LogP contribution >= 0.6 is 43.4 Å². The molecule has 1 aromatic heterocycles. The van der Waals surface area contributed by atoms with Gasteiger partial charge in [0.25, 0.3) is 0 Å². The summed E-state index contributed by atoms with van der Waals surface area (Å²) >= 11 is 8.14. The van der Waals surface area contributed by atoms with Crippen LogP contribution in [0.4, 0.5) is 0 Å². The molecule has 0 spiro atoms. The van der Waals surface area contributed by atoms with Gasteiger partial charge in [0.2, 0.25) is 4.73 Å². The third kappa shape index (κ3) is 2.04. The first kappa shape index (κ1) is 10.3. The highest BCUT2D eigenvalue weighted by atomic mass is 79.9. The molecule has 2 rings (SSSR count). The van der Waals surface area contributed by atoms with Crippen LogP contribution in [0.2, 0.25) is 0 Å².